The number of nitrogens with two attached hydrogens (primary N) is 1. The fourth-order valence-corrected chi connectivity index (χ4v) is 2.66. The van der Waals surface area contributed by atoms with Gasteiger partial charge in [0.05, 0.1) is 17.9 Å². The quantitative estimate of drug-likeness (QED) is 0.851. The minimum Gasteiger partial charge on any atom is -0.397 e. The molecule has 21 heavy (non-hydrogen) atoms. The molecule has 0 bridgehead atoms. The summed E-state index contributed by atoms with van der Waals surface area (Å²) in [6.45, 7) is 0.970. The van der Waals surface area contributed by atoms with E-state index in [1.165, 1.54) is 12.1 Å². The summed E-state index contributed by atoms with van der Waals surface area (Å²) in [6, 6.07) is 11.6. The van der Waals surface area contributed by atoms with Crippen molar-refractivity contribution < 1.29 is 9.18 Å². The Balaban J connectivity index is 1.70. The Labute approximate surface area is 122 Å². The molecule has 0 saturated carbocycles. The topological polar surface area (TPSA) is 58.4 Å². The van der Waals surface area contributed by atoms with Crippen molar-refractivity contribution in [1.29, 1.82) is 0 Å². The molecule has 1 aliphatic rings. The van der Waals surface area contributed by atoms with Gasteiger partial charge in [-0.05, 0) is 36.2 Å². The number of rotatable bonds is 3. The molecule has 0 spiro atoms. The number of hydrogen-bond acceptors (Lipinski definition) is 3. The van der Waals surface area contributed by atoms with Crippen LogP contribution in [0.25, 0.3) is 0 Å². The number of fused-ring (bicyclic) bond motifs is 1. The highest BCUT2D eigenvalue weighted by atomic mass is 19.1. The number of hydrogen-bond donors (Lipinski definition) is 2. The number of nitrogen functional groups attached to an aromatic ring is 1. The zero-order valence-corrected chi connectivity index (χ0v) is 11.5. The number of carbonyl (C=O) groups is 1. The maximum absolute atomic E-state index is 13.1. The van der Waals surface area contributed by atoms with Crippen LogP contribution in [0.5, 0.6) is 0 Å². The summed E-state index contributed by atoms with van der Waals surface area (Å²) >= 11 is 0. The van der Waals surface area contributed by atoms with E-state index in [2.05, 4.69) is 5.32 Å². The number of anilines is 3. The van der Waals surface area contributed by atoms with Gasteiger partial charge < -0.3 is 16.0 Å². The Morgan fingerprint density at radius 3 is 2.90 bits per heavy atom. The molecule has 4 nitrogen and oxygen atoms in total. The first kappa shape index (κ1) is 13.4. The predicted octanol–water partition coefficient (Wildman–Crippen LogP) is 2.41. The van der Waals surface area contributed by atoms with Crippen LogP contribution in [0.2, 0.25) is 0 Å². The van der Waals surface area contributed by atoms with Gasteiger partial charge in [-0.25, -0.2) is 4.39 Å². The van der Waals surface area contributed by atoms with Crippen molar-refractivity contribution in [3.05, 3.63) is 53.8 Å². The molecule has 2 aromatic carbocycles. The van der Waals surface area contributed by atoms with E-state index < -0.39 is 0 Å². The summed E-state index contributed by atoms with van der Waals surface area (Å²) in [5.74, 6) is -0.555. The van der Waals surface area contributed by atoms with E-state index in [4.69, 9.17) is 5.73 Å². The molecule has 108 valence electrons. The third-order valence-electron chi connectivity index (χ3n) is 3.56. The molecule has 0 atom stereocenters. The third kappa shape index (κ3) is 2.81. The van der Waals surface area contributed by atoms with Crippen LogP contribution in [-0.4, -0.2) is 19.0 Å². The highest BCUT2D eigenvalue weighted by molar-refractivity contribution is 5.95. The van der Waals surface area contributed by atoms with Gasteiger partial charge >= 0.3 is 0 Å². The minimum absolute atomic E-state index is 0.184. The number of nitrogens with zero attached hydrogens (tertiary/aromatic N) is 1. The first-order valence-electron chi connectivity index (χ1n) is 6.81. The van der Waals surface area contributed by atoms with E-state index in [9.17, 15) is 9.18 Å². The molecule has 3 rings (SSSR count). The Morgan fingerprint density at radius 2 is 2.10 bits per heavy atom. The predicted molar refractivity (Wildman–Crippen MR) is 81.8 cm³/mol. The number of halogens is 1. The maximum atomic E-state index is 13.1. The Morgan fingerprint density at radius 1 is 1.29 bits per heavy atom. The lowest BCUT2D eigenvalue weighted by molar-refractivity contribution is -0.114. The molecule has 5 heteroatoms. The van der Waals surface area contributed by atoms with Crippen LogP contribution in [0.1, 0.15) is 5.56 Å². The largest absolute Gasteiger partial charge is 0.397 e. The Kier molecular flexibility index (Phi) is 3.48. The summed E-state index contributed by atoms with van der Waals surface area (Å²) < 4.78 is 13.1. The monoisotopic (exact) mass is 285 g/mol. The first-order valence-corrected chi connectivity index (χ1v) is 6.81. The van der Waals surface area contributed by atoms with Gasteiger partial charge in [0.15, 0.2) is 0 Å². The average molecular weight is 285 g/mol. The van der Waals surface area contributed by atoms with Gasteiger partial charge in [-0.2, -0.15) is 0 Å². The molecule has 0 radical (unpaired) electrons. The van der Waals surface area contributed by atoms with E-state index in [-0.39, 0.29) is 18.3 Å². The summed E-state index contributed by atoms with van der Waals surface area (Å²) in [5, 5.41) is 2.70. The van der Waals surface area contributed by atoms with Crippen LogP contribution < -0.4 is 16.0 Å². The SMILES string of the molecule is Nc1cccc2c1N(CC(=O)Nc1cccc(F)c1)CC2. The molecule has 1 heterocycles. The Bertz CT molecular complexity index is 687. The zero-order chi connectivity index (χ0) is 14.8. The standard InChI is InChI=1S/C16H16FN3O/c17-12-4-2-5-13(9-12)19-15(21)10-20-8-7-11-3-1-6-14(18)16(11)20/h1-6,9H,7-8,10,18H2,(H,19,21). The van der Waals surface area contributed by atoms with E-state index in [1.807, 2.05) is 23.1 Å². The lowest BCUT2D eigenvalue weighted by Gasteiger charge is -2.20. The van der Waals surface area contributed by atoms with Crippen molar-refractivity contribution in [2.45, 2.75) is 6.42 Å². The number of nitrogens with one attached hydrogen (secondary N) is 1. The van der Waals surface area contributed by atoms with Crippen molar-refractivity contribution in [3.63, 3.8) is 0 Å². The van der Waals surface area contributed by atoms with Crippen LogP contribution in [0, 0.1) is 5.82 Å². The number of amides is 1. The van der Waals surface area contributed by atoms with Crippen LogP contribution >= 0.6 is 0 Å². The number of carbonyl (C=O) groups excluding carboxylic acids is 1. The third-order valence-corrected chi connectivity index (χ3v) is 3.56. The highest BCUT2D eigenvalue weighted by Crippen LogP contribution is 2.33. The number of para-hydroxylation sites is 1. The van der Waals surface area contributed by atoms with Crippen molar-refractivity contribution in [3.8, 4) is 0 Å². The van der Waals surface area contributed by atoms with Crippen molar-refractivity contribution in [1.82, 2.24) is 0 Å². The molecular formula is C16H16FN3O. The highest BCUT2D eigenvalue weighted by Gasteiger charge is 2.23. The summed E-state index contributed by atoms with van der Waals surface area (Å²) in [7, 11) is 0. The smallest absolute Gasteiger partial charge is 0.243 e. The summed E-state index contributed by atoms with van der Waals surface area (Å²) in [6.07, 6.45) is 0.883. The molecule has 0 saturated heterocycles. The van der Waals surface area contributed by atoms with Crippen molar-refractivity contribution in [2.24, 2.45) is 0 Å². The van der Waals surface area contributed by atoms with E-state index in [0.29, 0.717) is 11.4 Å². The molecule has 1 aliphatic heterocycles. The molecule has 0 fully saturated rings. The second-order valence-electron chi connectivity index (χ2n) is 5.09. The normalized spacial score (nSPS) is 13.1. The van der Waals surface area contributed by atoms with Gasteiger partial charge in [0.2, 0.25) is 5.91 Å². The zero-order valence-electron chi connectivity index (χ0n) is 11.5. The molecule has 0 unspecified atom stereocenters. The van der Waals surface area contributed by atoms with Gasteiger partial charge in [0, 0.05) is 12.2 Å². The van der Waals surface area contributed by atoms with Gasteiger partial charge in [-0.15, -0.1) is 0 Å². The first-order chi connectivity index (χ1) is 10.1. The lowest BCUT2D eigenvalue weighted by atomic mass is 10.1. The molecule has 0 aromatic heterocycles. The van der Waals surface area contributed by atoms with Crippen molar-refractivity contribution >= 4 is 23.0 Å². The molecular weight excluding hydrogens is 269 g/mol. The van der Waals surface area contributed by atoms with Crippen LogP contribution in [0.3, 0.4) is 0 Å². The van der Waals surface area contributed by atoms with Crippen LogP contribution in [-0.2, 0) is 11.2 Å². The Hall–Kier alpha value is -2.56. The minimum atomic E-state index is -0.372. The van der Waals surface area contributed by atoms with Gasteiger partial charge in [-0.1, -0.05) is 18.2 Å². The van der Waals surface area contributed by atoms with E-state index in [0.717, 1.165) is 24.2 Å². The van der Waals surface area contributed by atoms with Gasteiger partial charge in [-0.3, -0.25) is 4.79 Å². The van der Waals surface area contributed by atoms with E-state index in [1.54, 1.807) is 12.1 Å². The molecule has 0 aliphatic carbocycles. The second-order valence-corrected chi connectivity index (χ2v) is 5.09. The fourth-order valence-electron chi connectivity index (χ4n) is 2.66. The van der Waals surface area contributed by atoms with Gasteiger partial charge in [0.1, 0.15) is 5.82 Å². The number of benzene rings is 2. The van der Waals surface area contributed by atoms with Crippen molar-refractivity contribution in [2.75, 3.05) is 29.0 Å². The lowest BCUT2D eigenvalue weighted by Crippen LogP contribution is -2.32. The molecule has 3 N–H and O–H groups in total. The summed E-state index contributed by atoms with van der Waals surface area (Å²) in [5.41, 5.74) is 9.23. The maximum Gasteiger partial charge on any atom is 0.243 e. The van der Waals surface area contributed by atoms with Crippen LogP contribution in [0.4, 0.5) is 21.5 Å². The second kappa shape index (κ2) is 5.44. The fraction of sp³-hybridized carbons (Fsp3) is 0.188. The summed E-state index contributed by atoms with van der Waals surface area (Å²) in [4.78, 5) is 14.0. The average Bonchev–Trinajstić information content (AvgIpc) is 2.83. The molecule has 2 aromatic rings. The van der Waals surface area contributed by atoms with E-state index >= 15 is 0 Å². The van der Waals surface area contributed by atoms with Gasteiger partial charge in [0.25, 0.3) is 0 Å². The molecule has 1 amide bonds. The van der Waals surface area contributed by atoms with Crippen LogP contribution in [0.15, 0.2) is 42.5 Å².